The summed E-state index contributed by atoms with van der Waals surface area (Å²) in [5.74, 6) is 1.69. The van der Waals surface area contributed by atoms with Crippen molar-refractivity contribution in [2.75, 3.05) is 18.4 Å². The lowest BCUT2D eigenvalue weighted by atomic mass is 9.85. The first-order valence-electron chi connectivity index (χ1n) is 7.99. The summed E-state index contributed by atoms with van der Waals surface area (Å²) < 4.78 is 5.44. The van der Waals surface area contributed by atoms with Crippen molar-refractivity contribution in [3.05, 3.63) is 24.1 Å². The minimum absolute atomic E-state index is 0. The number of rotatable bonds is 4. The Balaban J connectivity index is 0.00000144. The third kappa shape index (κ3) is 5.10. The van der Waals surface area contributed by atoms with Gasteiger partial charge in [0.1, 0.15) is 5.52 Å². The molecule has 1 fully saturated rings. The molecule has 0 radical (unpaired) electrons. The number of aryl methyl sites for hydroxylation is 1. The number of fused-ring (bicyclic) bond motifs is 1. The lowest BCUT2D eigenvalue weighted by molar-refractivity contribution is -0.117. The Morgan fingerprint density at radius 3 is 2.96 bits per heavy atom. The highest BCUT2D eigenvalue weighted by Crippen LogP contribution is 2.24. The number of anilines is 1. The van der Waals surface area contributed by atoms with Gasteiger partial charge in [0.15, 0.2) is 11.5 Å². The molecule has 1 aromatic carbocycles. The molecule has 1 aliphatic rings. The molecule has 2 atom stereocenters. The summed E-state index contributed by atoms with van der Waals surface area (Å²) in [5.41, 5.74) is 2.30. The molecule has 2 unspecified atom stereocenters. The van der Waals surface area contributed by atoms with Crippen LogP contribution in [0.2, 0.25) is 0 Å². The Labute approximate surface area is 154 Å². The first-order valence-corrected chi connectivity index (χ1v) is 7.99. The second-order valence-corrected chi connectivity index (χ2v) is 6.25. The number of hydrogen-bond acceptors (Lipinski definition) is 4. The maximum Gasteiger partial charge on any atom is 0.224 e. The third-order valence-corrected chi connectivity index (χ3v) is 4.43. The highest BCUT2D eigenvalue weighted by atomic mass is 35.5. The zero-order chi connectivity index (χ0) is 15.5. The predicted molar refractivity (Wildman–Crippen MR) is 101 cm³/mol. The Morgan fingerprint density at radius 2 is 2.25 bits per heavy atom. The Kier molecular flexibility index (Phi) is 8.00. The van der Waals surface area contributed by atoms with E-state index in [4.69, 9.17) is 4.42 Å². The van der Waals surface area contributed by atoms with Gasteiger partial charge in [-0.1, -0.05) is 6.92 Å². The van der Waals surface area contributed by atoms with E-state index in [1.54, 1.807) is 0 Å². The maximum absolute atomic E-state index is 12.2. The van der Waals surface area contributed by atoms with E-state index in [1.165, 1.54) is 12.8 Å². The maximum atomic E-state index is 12.2. The number of halogens is 2. The van der Waals surface area contributed by atoms with Crippen LogP contribution in [-0.2, 0) is 4.79 Å². The molecule has 1 amide bonds. The molecule has 0 bridgehead atoms. The van der Waals surface area contributed by atoms with Gasteiger partial charge in [-0.2, -0.15) is 0 Å². The molecule has 3 rings (SSSR count). The summed E-state index contributed by atoms with van der Waals surface area (Å²) in [4.78, 5) is 16.5. The van der Waals surface area contributed by atoms with Crippen LogP contribution >= 0.6 is 24.8 Å². The van der Waals surface area contributed by atoms with E-state index in [0.29, 0.717) is 24.1 Å². The molecule has 1 aliphatic heterocycles. The van der Waals surface area contributed by atoms with Crippen molar-refractivity contribution >= 4 is 47.5 Å². The zero-order valence-corrected chi connectivity index (χ0v) is 15.6. The van der Waals surface area contributed by atoms with Crippen molar-refractivity contribution in [2.45, 2.75) is 33.1 Å². The number of nitrogens with zero attached hydrogens (tertiary/aromatic N) is 1. The van der Waals surface area contributed by atoms with Crippen molar-refractivity contribution in [1.29, 1.82) is 0 Å². The Morgan fingerprint density at radius 1 is 1.46 bits per heavy atom. The van der Waals surface area contributed by atoms with Crippen LogP contribution < -0.4 is 10.6 Å². The number of nitrogens with one attached hydrogen (secondary N) is 2. The summed E-state index contributed by atoms with van der Waals surface area (Å²) in [7, 11) is 0. The molecule has 5 nitrogen and oxygen atoms in total. The normalized spacial score (nSPS) is 18.3. The second kappa shape index (κ2) is 9.25. The zero-order valence-electron chi connectivity index (χ0n) is 14.0. The molecule has 0 spiro atoms. The summed E-state index contributed by atoms with van der Waals surface area (Å²) >= 11 is 0. The Bertz CT molecular complexity index is 669. The van der Waals surface area contributed by atoms with Crippen LogP contribution in [0, 0.1) is 18.8 Å². The smallest absolute Gasteiger partial charge is 0.224 e. The van der Waals surface area contributed by atoms with E-state index >= 15 is 0 Å². The van der Waals surface area contributed by atoms with E-state index in [2.05, 4.69) is 22.5 Å². The van der Waals surface area contributed by atoms with Gasteiger partial charge in [-0.3, -0.25) is 4.79 Å². The van der Waals surface area contributed by atoms with Gasteiger partial charge in [0.05, 0.1) is 0 Å². The SMILES string of the molecule is Cc1nc2cc(NC(=O)CC(C)C3CCCNC3)ccc2o1.Cl.Cl. The van der Waals surface area contributed by atoms with Gasteiger partial charge in [0, 0.05) is 19.0 Å². The minimum Gasteiger partial charge on any atom is -0.441 e. The first kappa shape index (κ1) is 20.7. The molecule has 1 saturated heterocycles. The van der Waals surface area contributed by atoms with Crippen molar-refractivity contribution in [1.82, 2.24) is 10.3 Å². The fourth-order valence-corrected chi connectivity index (χ4v) is 3.16. The van der Waals surface area contributed by atoms with Crippen LogP contribution in [-0.4, -0.2) is 24.0 Å². The predicted octanol–water partition coefficient (Wildman–Crippen LogP) is 3.94. The fraction of sp³-hybridized carbons (Fsp3) is 0.529. The summed E-state index contributed by atoms with van der Waals surface area (Å²) in [5, 5.41) is 6.38. The third-order valence-electron chi connectivity index (χ3n) is 4.43. The molecular weight excluding hydrogens is 349 g/mol. The highest BCUT2D eigenvalue weighted by molar-refractivity contribution is 5.92. The number of piperidine rings is 1. The van der Waals surface area contributed by atoms with Gasteiger partial charge in [0.2, 0.25) is 5.91 Å². The molecule has 2 heterocycles. The standard InChI is InChI=1S/C17H23N3O2.2ClH/c1-11(13-4-3-7-18-10-13)8-17(21)20-14-5-6-16-15(9-14)19-12(2)22-16;;/h5-6,9,11,13,18H,3-4,7-8,10H2,1-2H3,(H,20,21);2*1H. The van der Waals surface area contributed by atoms with Crippen molar-refractivity contribution in [2.24, 2.45) is 11.8 Å². The van der Waals surface area contributed by atoms with Gasteiger partial charge in [-0.15, -0.1) is 24.8 Å². The van der Waals surface area contributed by atoms with Gasteiger partial charge in [-0.25, -0.2) is 4.98 Å². The summed E-state index contributed by atoms with van der Waals surface area (Å²) in [6.07, 6.45) is 2.98. The molecule has 134 valence electrons. The van der Waals surface area contributed by atoms with Crippen LogP contribution in [0.1, 0.15) is 32.1 Å². The molecule has 0 aliphatic carbocycles. The molecule has 2 N–H and O–H groups in total. The monoisotopic (exact) mass is 373 g/mol. The number of oxazole rings is 1. The lowest BCUT2D eigenvalue weighted by Crippen LogP contribution is -2.34. The molecule has 1 aromatic heterocycles. The van der Waals surface area contributed by atoms with Gasteiger partial charge in [-0.05, 0) is 56.0 Å². The number of amides is 1. The minimum atomic E-state index is 0. The lowest BCUT2D eigenvalue weighted by Gasteiger charge is -2.28. The molecule has 24 heavy (non-hydrogen) atoms. The van der Waals surface area contributed by atoms with E-state index in [0.717, 1.165) is 29.9 Å². The molecule has 2 aromatic rings. The van der Waals surface area contributed by atoms with Gasteiger partial charge < -0.3 is 15.1 Å². The average molecular weight is 374 g/mol. The van der Waals surface area contributed by atoms with Crippen LogP contribution in [0.3, 0.4) is 0 Å². The number of aromatic nitrogens is 1. The first-order chi connectivity index (χ1) is 10.6. The summed E-state index contributed by atoms with van der Waals surface area (Å²) in [6.45, 7) is 6.12. The van der Waals surface area contributed by atoms with Crippen LogP contribution in [0.4, 0.5) is 5.69 Å². The number of benzene rings is 1. The average Bonchev–Trinajstić information content (AvgIpc) is 2.87. The number of carbonyl (C=O) groups is 1. The quantitative estimate of drug-likeness (QED) is 0.851. The van der Waals surface area contributed by atoms with Crippen molar-refractivity contribution in [3.63, 3.8) is 0 Å². The topological polar surface area (TPSA) is 67.2 Å². The van der Waals surface area contributed by atoms with Crippen LogP contribution in [0.5, 0.6) is 0 Å². The van der Waals surface area contributed by atoms with Gasteiger partial charge in [0.25, 0.3) is 0 Å². The van der Waals surface area contributed by atoms with E-state index in [1.807, 2.05) is 25.1 Å². The van der Waals surface area contributed by atoms with Crippen molar-refractivity contribution < 1.29 is 9.21 Å². The van der Waals surface area contributed by atoms with E-state index < -0.39 is 0 Å². The Hall–Kier alpha value is -1.30. The summed E-state index contributed by atoms with van der Waals surface area (Å²) in [6, 6.07) is 5.56. The van der Waals surface area contributed by atoms with Crippen LogP contribution in [0.15, 0.2) is 22.6 Å². The molecule has 7 heteroatoms. The molecule has 0 saturated carbocycles. The largest absolute Gasteiger partial charge is 0.441 e. The second-order valence-electron chi connectivity index (χ2n) is 6.25. The molecular formula is C17H25Cl2N3O2. The van der Waals surface area contributed by atoms with E-state index in [9.17, 15) is 4.79 Å². The van der Waals surface area contributed by atoms with E-state index in [-0.39, 0.29) is 30.7 Å². The van der Waals surface area contributed by atoms with Crippen LogP contribution in [0.25, 0.3) is 11.1 Å². The van der Waals surface area contributed by atoms with Gasteiger partial charge >= 0.3 is 0 Å². The van der Waals surface area contributed by atoms with Crippen molar-refractivity contribution in [3.8, 4) is 0 Å². The number of carbonyl (C=O) groups excluding carboxylic acids is 1. The fourth-order valence-electron chi connectivity index (χ4n) is 3.16. The highest BCUT2D eigenvalue weighted by Gasteiger charge is 2.22. The number of hydrogen-bond donors (Lipinski definition) is 2.